The molecule has 0 radical (unpaired) electrons. The number of aryl methyl sites for hydroxylation is 2. The van der Waals surface area contributed by atoms with E-state index in [0.717, 1.165) is 55.2 Å². The summed E-state index contributed by atoms with van der Waals surface area (Å²) in [6, 6.07) is 2.00. The third-order valence-electron chi connectivity index (χ3n) is 3.97. The molecule has 0 saturated carbocycles. The second-order valence-corrected chi connectivity index (χ2v) is 6.07. The second kappa shape index (κ2) is 7.23. The summed E-state index contributed by atoms with van der Waals surface area (Å²) in [5.41, 5.74) is 3.08. The first-order valence-corrected chi connectivity index (χ1v) is 8.20. The summed E-state index contributed by atoms with van der Waals surface area (Å²) < 4.78 is 2.18. The predicted octanol–water partition coefficient (Wildman–Crippen LogP) is 3.77. The van der Waals surface area contributed by atoms with Crippen molar-refractivity contribution in [2.75, 3.05) is 19.6 Å². The van der Waals surface area contributed by atoms with Gasteiger partial charge in [0, 0.05) is 12.7 Å². The molecule has 0 aromatic carbocycles. The van der Waals surface area contributed by atoms with Crippen molar-refractivity contribution >= 4 is 22.8 Å². The summed E-state index contributed by atoms with van der Waals surface area (Å²) in [7, 11) is 0. The van der Waals surface area contributed by atoms with E-state index in [1.54, 1.807) is 0 Å². The summed E-state index contributed by atoms with van der Waals surface area (Å²) in [5, 5.41) is -0.105. The number of fused-ring (bicyclic) bond motifs is 1. The average Bonchev–Trinajstić information content (AvgIpc) is 2.84. The van der Waals surface area contributed by atoms with Crippen molar-refractivity contribution in [3.63, 3.8) is 0 Å². The molecule has 4 nitrogen and oxygen atoms in total. The third kappa shape index (κ3) is 3.55. The van der Waals surface area contributed by atoms with Gasteiger partial charge in [-0.25, -0.2) is 9.97 Å². The van der Waals surface area contributed by atoms with E-state index in [2.05, 4.69) is 35.2 Å². The monoisotopic (exact) mass is 308 g/mol. The van der Waals surface area contributed by atoms with Crippen molar-refractivity contribution in [1.82, 2.24) is 19.4 Å². The van der Waals surface area contributed by atoms with Crippen LogP contribution in [0.4, 0.5) is 0 Å². The molecule has 116 valence electrons. The van der Waals surface area contributed by atoms with E-state index in [1.165, 1.54) is 0 Å². The summed E-state index contributed by atoms with van der Waals surface area (Å²) >= 11 is 6.31. The molecule has 2 aromatic heterocycles. The van der Waals surface area contributed by atoms with Gasteiger partial charge in [-0.05, 0) is 51.5 Å². The molecule has 1 unspecified atom stereocenters. The SMILES string of the molecule is CCN(CC)CCCn1c(C(C)Cl)nc2c(C)ccnc21. The Hall–Kier alpha value is -1.13. The molecule has 2 heterocycles. The van der Waals surface area contributed by atoms with Gasteiger partial charge in [0.05, 0.1) is 5.38 Å². The number of rotatable bonds is 7. The highest BCUT2D eigenvalue weighted by Crippen LogP contribution is 2.25. The summed E-state index contributed by atoms with van der Waals surface area (Å²) in [5.74, 6) is 0.924. The summed E-state index contributed by atoms with van der Waals surface area (Å²) in [6.07, 6.45) is 2.93. The van der Waals surface area contributed by atoms with Crippen LogP contribution in [0.5, 0.6) is 0 Å². The lowest BCUT2D eigenvalue weighted by Crippen LogP contribution is -2.25. The molecule has 0 saturated heterocycles. The van der Waals surface area contributed by atoms with Crippen LogP contribution in [0, 0.1) is 6.92 Å². The Morgan fingerprint density at radius 2 is 2.05 bits per heavy atom. The number of nitrogens with zero attached hydrogens (tertiary/aromatic N) is 4. The molecule has 0 amide bonds. The molecule has 0 bridgehead atoms. The Labute approximate surface area is 132 Å². The number of hydrogen-bond donors (Lipinski definition) is 0. The number of alkyl halides is 1. The van der Waals surface area contributed by atoms with Gasteiger partial charge in [-0.15, -0.1) is 11.6 Å². The average molecular weight is 309 g/mol. The first kappa shape index (κ1) is 16.2. The van der Waals surface area contributed by atoms with Crippen molar-refractivity contribution in [3.8, 4) is 0 Å². The van der Waals surface area contributed by atoms with E-state index in [4.69, 9.17) is 16.6 Å². The molecule has 0 aliphatic carbocycles. The lowest BCUT2D eigenvalue weighted by Gasteiger charge is -2.18. The third-order valence-corrected chi connectivity index (χ3v) is 4.17. The molecule has 0 aliphatic rings. The Kier molecular flexibility index (Phi) is 5.59. The van der Waals surface area contributed by atoms with Crippen LogP contribution < -0.4 is 0 Å². The van der Waals surface area contributed by atoms with Gasteiger partial charge in [-0.3, -0.25) is 0 Å². The van der Waals surface area contributed by atoms with Crippen LogP contribution in [0.2, 0.25) is 0 Å². The number of hydrogen-bond acceptors (Lipinski definition) is 3. The van der Waals surface area contributed by atoms with Gasteiger partial charge in [0.1, 0.15) is 11.3 Å². The number of imidazole rings is 1. The van der Waals surface area contributed by atoms with E-state index in [1.807, 2.05) is 19.2 Å². The maximum absolute atomic E-state index is 6.31. The predicted molar refractivity (Wildman–Crippen MR) is 88.9 cm³/mol. The van der Waals surface area contributed by atoms with E-state index in [0.29, 0.717) is 0 Å². The Balaban J connectivity index is 2.25. The molecule has 0 fully saturated rings. The maximum atomic E-state index is 6.31. The molecule has 0 N–H and O–H groups in total. The largest absolute Gasteiger partial charge is 0.311 e. The molecule has 21 heavy (non-hydrogen) atoms. The van der Waals surface area contributed by atoms with Gasteiger partial charge in [-0.1, -0.05) is 13.8 Å². The van der Waals surface area contributed by atoms with Gasteiger partial charge in [0.2, 0.25) is 0 Å². The highest BCUT2D eigenvalue weighted by molar-refractivity contribution is 6.20. The zero-order valence-electron chi connectivity index (χ0n) is 13.4. The first-order chi connectivity index (χ1) is 10.1. The Morgan fingerprint density at radius 3 is 2.67 bits per heavy atom. The van der Waals surface area contributed by atoms with Crippen molar-refractivity contribution in [1.29, 1.82) is 0 Å². The molecule has 2 aromatic rings. The van der Waals surface area contributed by atoms with Crippen LogP contribution in [0.15, 0.2) is 12.3 Å². The summed E-state index contributed by atoms with van der Waals surface area (Å²) in [4.78, 5) is 11.6. The Morgan fingerprint density at radius 1 is 1.33 bits per heavy atom. The zero-order valence-corrected chi connectivity index (χ0v) is 14.2. The van der Waals surface area contributed by atoms with Crippen LogP contribution in [-0.2, 0) is 6.54 Å². The van der Waals surface area contributed by atoms with E-state index < -0.39 is 0 Å². The number of halogens is 1. The summed E-state index contributed by atoms with van der Waals surface area (Å²) in [6.45, 7) is 12.6. The molecule has 5 heteroatoms. The van der Waals surface area contributed by atoms with Gasteiger partial charge in [0.15, 0.2) is 5.65 Å². The fraction of sp³-hybridized carbons (Fsp3) is 0.625. The molecular formula is C16H25ClN4. The smallest absolute Gasteiger partial charge is 0.160 e. The second-order valence-electron chi connectivity index (χ2n) is 5.42. The van der Waals surface area contributed by atoms with Crippen LogP contribution in [0.1, 0.15) is 44.0 Å². The van der Waals surface area contributed by atoms with E-state index >= 15 is 0 Å². The minimum atomic E-state index is -0.105. The fourth-order valence-corrected chi connectivity index (χ4v) is 2.84. The fourth-order valence-electron chi connectivity index (χ4n) is 2.67. The van der Waals surface area contributed by atoms with Crippen molar-refractivity contribution in [2.24, 2.45) is 0 Å². The highest BCUT2D eigenvalue weighted by atomic mass is 35.5. The van der Waals surface area contributed by atoms with Crippen LogP contribution in [0.3, 0.4) is 0 Å². The standard InChI is InChI=1S/C16H25ClN4/c1-5-20(6-2)10-7-11-21-15(13(4)17)19-14-12(3)8-9-18-16(14)21/h8-9,13H,5-7,10-11H2,1-4H3. The van der Waals surface area contributed by atoms with Gasteiger partial charge >= 0.3 is 0 Å². The number of pyridine rings is 1. The lowest BCUT2D eigenvalue weighted by molar-refractivity contribution is 0.293. The normalized spacial score (nSPS) is 13.2. The number of aromatic nitrogens is 3. The topological polar surface area (TPSA) is 34.0 Å². The first-order valence-electron chi connectivity index (χ1n) is 7.76. The Bertz CT molecular complexity index is 587. The highest BCUT2D eigenvalue weighted by Gasteiger charge is 2.16. The molecule has 1 atom stereocenters. The van der Waals surface area contributed by atoms with Crippen LogP contribution in [0.25, 0.3) is 11.2 Å². The van der Waals surface area contributed by atoms with Crippen molar-refractivity contribution in [2.45, 2.75) is 46.0 Å². The molecular weight excluding hydrogens is 284 g/mol. The molecule has 0 aliphatic heterocycles. The van der Waals surface area contributed by atoms with Crippen LogP contribution in [-0.4, -0.2) is 39.1 Å². The lowest BCUT2D eigenvalue weighted by atomic mass is 10.3. The molecule has 2 rings (SSSR count). The maximum Gasteiger partial charge on any atom is 0.160 e. The molecule has 0 spiro atoms. The van der Waals surface area contributed by atoms with Gasteiger partial charge in [-0.2, -0.15) is 0 Å². The van der Waals surface area contributed by atoms with Crippen LogP contribution >= 0.6 is 11.6 Å². The van der Waals surface area contributed by atoms with E-state index in [9.17, 15) is 0 Å². The van der Waals surface area contributed by atoms with Crippen molar-refractivity contribution in [3.05, 3.63) is 23.7 Å². The minimum Gasteiger partial charge on any atom is -0.311 e. The van der Waals surface area contributed by atoms with E-state index in [-0.39, 0.29) is 5.38 Å². The van der Waals surface area contributed by atoms with Gasteiger partial charge < -0.3 is 9.47 Å². The van der Waals surface area contributed by atoms with Crippen molar-refractivity contribution < 1.29 is 0 Å². The quantitative estimate of drug-likeness (QED) is 0.730. The zero-order chi connectivity index (χ0) is 15.4. The minimum absolute atomic E-state index is 0.105. The van der Waals surface area contributed by atoms with Gasteiger partial charge in [0.25, 0.3) is 0 Å².